The Bertz CT molecular complexity index is 554. The van der Waals surface area contributed by atoms with Crippen molar-refractivity contribution in [3.8, 4) is 0 Å². The summed E-state index contributed by atoms with van der Waals surface area (Å²) >= 11 is 1.55. The second-order valence-electron chi connectivity index (χ2n) is 4.83. The van der Waals surface area contributed by atoms with E-state index < -0.39 is 5.60 Å². The summed E-state index contributed by atoms with van der Waals surface area (Å²) in [4.78, 5) is 18.9. The highest BCUT2D eigenvalue weighted by atomic mass is 32.1. The summed E-state index contributed by atoms with van der Waals surface area (Å²) in [7, 11) is 0. The molecule has 0 unspecified atom stereocenters. The fraction of sp³-hybridized carbons (Fsp3) is 0.500. The number of hydrogen-bond donors (Lipinski definition) is 1. The predicted octanol–water partition coefficient (Wildman–Crippen LogP) is 0.922. The van der Waals surface area contributed by atoms with Gasteiger partial charge in [-0.3, -0.25) is 9.20 Å². The SMILES string of the molecule is CCC1(O)CN(C(=O)Cc2cn3ccsc3n2)C1. The number of nitrogens with zero attached hydrogens (tertiary/aromatic N) is 3. The largest absolute Gasteiger partial charge is 0.386 e. The maximum atomic E-state index is 12.0. The lowest BCUT2D eigenvalue weighted by atomic mass is 9.91. The van der Waals surface area contributed by atoms with Crippen molar-refractivity contribution in [2.45, 2.75) is 25.4 Å². The maximum Gasteiger partial charge on any atom is 0.228 e. The summed E-state index contributed by atoms with van der Waals surface area (Å²) in [5.41, 5.74) is 0.128. The minimum absolute atomic E-state index is 0.0406. The van der Waals surface area contributed by atoms with E-state index >= 15 is 0 Å². The molecule has 1 amide bonds. The number of thiazole rings is 1. The van der Waals surface area contributed by atoms with Gasteiger partial charge in [0.25, 0.3) is 0 Å². The van der Waals surface area contributed by atoms with Crippen LogP contribution >= 0.6 is 11.3 Å². The number of carbonyl (C=O) groups is 1. The minimum Gasteiger partial charge on any atom is -0.386 e. The van der Waals surface area contributed by atoms with E-state index in [1.165, 1.54) is 0 Å². The second-order valence-corrected chi connectivity index (χ2v) is 5.70. The first kappa shape index (κ1) is 11.7. The smallest absolute Gasteiger partial charge is 0.228 e. The molecule has 0 spiro atoms. The lowest BCUT2D eigenvalue weighted by Crippen LogP contribution is -2.63. The third kappa shape index (κ3) is 1.91. The number of imidazole rings is 1. The average Bonchev–Trinajstić information content (AvgIpc) is 2.84. The zero-order valence-electron chi connectivity index (χ0n) is 10.2. The molecule has 0 saturated carbocycles. The molecule has 3 heterocycles. The van der Waals surface area contributed by atoms with Gasteiger partial charge in [0, 0.05) is 17.8 Å². The molecular weight excluding hydrogens is 250 g/mol. The summed E-state index contributed by atoms with van der Waals surface area (Å²) in [6, 6.07) is 0. The Balaban J connectivity index is 1.64. The zero-order chi connectivity index (χ0) is 12.8. The van der Waals surface area contributed by atoms with Gasteiger partial charge in [0.05, 0.1) is 30.8 Å². The molecule has 3 rings (SSSR count). The van der Waals surface area contributed by atoms with E-state index in [9.17, 15) is 9.90 Å². The molecule has 0 radical (unpaired) electrons. The molecule has 1 fully saturated rings. The number of amides is 1. The molecule has 2 aromatic rings. The van der Waals surface area contributed by atoms with Crippen LogP contribution in [0.1, 0.15) is 19.0 Å². The highest BCUT2D eigenvalue weighted by Gasteiger charge is 2.41. The fourth-order valence-electron chi connectivity index (χ4n) is 2.19. The molecule has 5 nitrogen and oxygen atoms in total. The molecule has 0 aromatic carbocycles. The highest BCUT2D eigenvalue weighted by Crippen LogP contribution is 2.24. The van der Waals surface area contributed by atoms with Crippen molar-refractivity contribution in [1.29, 1.82) is 0 Å². The monoisotopic (exact) mass is 265 g/mol. The minimum atomic E-state index is -0.662. The molecule has 1 N–H and O–H groups in total. The van der Waals surface area contributed by atoms with Crippen molar-refractivity contribution >= 4 is 22.2 Å². The number of carbonyl (C=O) groups excluding carboxylic acids is 1. The lowest BCUT2D eigenvalue weighted by Gasteiger charge is -2.46. The van der Waals surface area contributed by atoms with Crippen molar-refractivity contribution in [2.24, 2.45) is 0 Å². The number of hydrogen-bond acceptors (Lipinski definition) is 4. The molecule has 18 heavy (non-hydrogen) atoms. The van der Waals surface area contributed by atoms with Crippen LogP contribution in [-0.4, -0.2) is 44.0 Å². The first-order chi connectivity index (χ1) is 8.59. The van der Waals surface area contributed by atoms with Crippen LogP contribution in [-0.2, 0) is 11.2 Å². The average molecular weight is 265 g/mol. The number of aliphatic hydroxyl groups is 1. The van der Waals surface area contributed by atoms with Gasteiger partial charge in [-0.25, -0.2) is 4.98 Å². The van der Waals surface area contributed by atoms with Gasteiger partial charge in [-0.1, -0.05) is 6.92 Å². The van der Waals surface area contributed by atoms with Gasteiger partial charge >= 0.3 is 0 Å². The molecule has 96 valence electrons. The van der Waals surface area contributed by atoms with Crippen LogP contribution < -0.4 is 0 Å². The predicted molar refractivity (Wildman–Crippen MR) is 68.6 cm³/mol. The Morgan fingerprint density at radius 1 is 1.61 bits per heavy atom. The molecule has 0 aliphatic carbocycles. The summed E-state index contributed by atoms with van der Waals surface area (Å²) in [5.74, 6) is 0.0406. The molecular formula is C12H15N3O2S. The topological polar surface area (TPSA) is 57.8 Å². The quantitative estimate of drug-likeness (QED) is 0.898. The summed E-state index contributed by atoms with van der Waals surface area (Å²) < 4.78 is 1.92. The fourth-order valence-corrected chi connectivity index (χ4v) is 2.91. The Morgan fingerprint density at radius 2 is 2.39 bits per heavy atom. The number of aromatic nitrogens is 2. The van der Waals surface area contributed by atoms with E-state index in [1.807, 2.05) is 29.1 Å². The van der Waals surface area contributed by atoms with E-state index in [2.05, 4.69) is 4.98 Å². The number of likely N-dealkylation sites (tertiary alicyclic amines) is 1. The van der Waals surface area contributed by atoms with Crippen molar-refractivity contribution < 1.29 is 9.90 Å². The van der Waals surface area contributed by atoms with Crippen LogP contribution in [0.5, 0.6) is 0 Å². The third-order valence-electron chi connectivity index (χ3n) is 3.46. The van der Waals surface area contributed by atoms with Crippen LogP contribution in [0.3, 0.4) is 0 Å². The van der Waals surface area contributed by atoms with Crippen LogP contribution in [0.15, 0.2) is 17.8 Å². The first-order valence-electron chi connectivity index (χ1n) is 6.01. The normalized spacial score (nSPS) is 18.0. The van der Waals surface area contributed by atoms with E-state index in [1.54, 1.807) is 16.2 Å². The highest BCUT2D eigenvalue weighted by molar-refractivity contribution is 7.15. The molecule has 1 saturated heterocycles. The van der Waals surface area contributed by atoms with Gasteiger partial charge in [-0.05, 0) is 6.42 Å². The van der Waals surface area contributed by atoms with Crippen LogP contribution in [0.4, 0.5) is 0 Å². The van der Waals surface area contributed by atoms with Crippen molar-refractivity contribution in [2.75, 3.05) is 13.1 Å². The molecule has 0 bridgehead atoms. The number of fused-ring (bicyclic) bond motifs is 1. The van der Waals surface area contributed by atoms with Gasteiger partial charge in [-0.15, -0.1) is 11.3 Å². The summed E-state index contributed by atoms with van der Waals surface area (Å²) in [6.45, 7) is 2.83. The molecule has 6 heteroatoms. The molecule has 2 aromatic heterocycles. The zero-order valence-corrected chi connectivity index (χ0v) is 11.0. The van der Waals surface area contributed by atoms with Gasteiger partial charge in [0.1, 0.15) is 0 Å². The maximum absolute atomic E-state index is 12.0. The lowest BCUT2D eigenvalue weighted by molar-refractivity contribution is -0.155. The van der Waals surface area contributed by atoms with E-state index in [0.717, 1.165) is 10.7 Å². The number of β-amino-alcohol motifs (C(OH)–C–C–N with tert-alkyl or cyclic N) is 1. The van der Waals surface area contributed by atoms with Gasteiger partial charge in [0.15, 0.2) is 4.96 Å². The molecule has 1 aliphatic heterocycles. The molecule has 1 aliphatic rings. The van der Waals surface area contributed by atoms with E-state index in [0.29, 0.717) is 25.9 Å². The van der Waals surface area contributed by atoms with Gasteiger partial charge in [-0.2, -0.15) is 0 Å². The summed E-state index contributed by atoms with van der Waals surface area (Å²) in [6.07, 6.45) is 4.82. The Hall–Kier alpha value is -1.40. The second kappa shape index (κ2) is 4.07. The standard InChI is InChI=1S/C12H15N3O2S/c1-2-12(17)7-15(8-12)10(16)5-9-6-14-3-4-18-11(14)13-9/h3-4,6,17H,2,5,7-8H2,1H3. The van der Waals surface area contributed by atoms with Gasteiger partial charge < -0.3 is 10.0 Å². The van der Waals surface area contributed by atoms with Crippen molar-refractivity contribution in [1.82, 2.24) is 14.3 Å². The molecule has 0 atom stereocenters. The third-order valence-corrected chi connectivity index (χ3v) is 4.23. The van der Waals surface area contributed by atoms with Crippen LogP contribution in [0, 0.1) is 0 Å². The Morgan fingerprint density at radius 3 is 3.06 bits per heavy atom. The van der Waals surface area contributed by atoms with Crippen LogP contribution in [0.25, 0.3) is 4.96 Å². The Labute approximate surface area is 109 Å². The van der Waals surface area contributed by atoms with Crippen molar-refractivity contribution in [3.05, 3.63) is 23.5 Å². The summed E-state index contributed by atoms with van der Waals surface area (Å²) in [5, 5.41) is 11.8. The Kier molecular flexibility index (Phi) is 2.64. The number of rotatable bonds is 3. The van der Waals surface area contributed by atoms with Crippen LogP contribution in [0.2, 0.25) is 0 Å². The van der Waals surface area contributed by atoms with Gasteiger partial charge in [0.2, 0.25) is 5.91 Å². The van der Waals surface area contributed by atoms with E-state index in [-0.39, 0.29) is 5.91 Å². The first-order valence-corrected chi connectivity index (χ1v) is 6.89. The van der Waals surface area contributed by atoms with E-state index in [4.69, 9.17) is 0 Å². The van der Waals surface area contributed by atoms with Crippen molar-refractivity contribution in [3.63, 3.8) is 0 Å².